The van der Waals surface area contributed by atoms with E-state index in [1.54, 1.807) is 59.8 Å². The van der Waals surface area contributed by atoms with Crippen LogP contribution in [0.1, 0.15) is 21.5 Å². The molecule has 28 heavy (non-hydrogen) atoms. The van der Waals surface area contributed by atoms with Gasteiger partial charge in [0.25, 0.3) is 5.91 Å². The molecule has 0 spiro atoms. The summed E-state index contributed by atoms with van der Waals surface area (Å²) in [6, 6.07) is 17.8. The first-order valence-electron chi connectivity index (χ1n) is 8.91. The van der Waals surface area contributed by atoms with E-state index in [0.29, 0.717) is 24.2 Å². The summed E-state index contributed by atoms with van der Waals surface area (Å²) in [5.41, 5.74) is 3.51. The van der Waals surface area contributed by atoms with E-state index in [1.165, 1.54) is 0 Å². The van der Waals surface area contributed by atoms with Crippen LogP contribution in [0.2, 0.25) is 0 Å². The van der Waals surface area contributed by atoms with Crippen molar-refractivity contribution in [1.82, 2.24) is 4.98 Å². The van der Waals surface area contributed by atoms with Crippen LogP contribution in [0, 0.1) is 0 Å². The normalized spacial score (nSPS) is 13.2. The number of sulfonamides is 1. The molecule has 4 rings (SSSR count). The highest BCUT2D eigenvalue weighted by Gasteiger charge is 2.26. The largest absolute Gasteiger partial charge is 0.308 e. The van der Waals surface area contributed by atoms with Gasteiger partial charge in [0, 0.05) is 30.3 Å². The molecule has 6 nitrogen and oxygen atoms in total. The first-order valence-corrected chi connectivity index (χ1v) is 10.6. The summed E-state index contributed by atoms with van der Waals surface area (Å²) in [6.45, 7) is 0.559. The molecule has 7 heteroatoms. The minimum Gasteiger partial charge on any atom is -0.308 e. The molecule has 1 N–H and O–H groups in total. The monoisotopic (exact) mass is 393 g/mol. The Morgan fingerprint density at radius 3 is 2.64 bits per heavy atom. The van der Waals surface area contributed by atoms with Crippen LogP contribution in [0.3, 0.4) is 0 Å². The summed E-state index contributed by atoms with van der Waals surface area (Å²) in [7, 11) is -3.52. The summed E-state index contributed by atoms with van der Waals surface area (Å²) >= 11 is 0. The lowest BCUT2D eigenvalue weighted by molar-refractivity contribution is 0.0989. The maximum Gasteiger partial charge on any atom is 0.259 e. The molecular weight excluding hydrogens is 374 g/mol. The van der Waals surface area contributed by atoms with Crippen LogP contribution < -0.4 is 9.62 Å². The van der Waals surface area contributed by atoms with Gasteiger partial charge in [-0.15, -0.1) is 0 Å². The molecule has 2 aromatic carbocycles. The third kappa shape index (κ3) is 3.89. The van der Waals surface area contributed by atoms with E-state index in [4.69, 9.17) is 0 Å². The number of amides is 1. The van der Waals surface area contributed by atoms with Crippen molar-refractivity contribution in [3.63, 3.8) is 0 Å². The molecule has 3 aromatic rings. The van der Waals surface area contributed by atoms with Crippen molar-refractivity contribution in [3.8, 4) is 0 Å². The average molecular weight is 393 g/mol. The predicted molar refractivity (Wildman–Crippen MR) is 109 cm³/mol. The molecule has 0 aliphatic carbocycles. The lowest BCUT2D eigenvalue weighted by Crippen LogP contribution is -2.28. The number of carbonyl (C=O) groups excluding carboxylic acids is 1. The van der Waals surface area contributed by atoms with Gasteiger partial charge in [0.2, 0.25) is 10.0 Å². The molecule has 0 saturated heterocycles. The third-order valence-corrected chi connectivity index (χ3v) is 5.86. The quantitative estimate of drug-likeness (QED) is 0.722. The zero-order valence-corrected chi connectivity index (χ0v) is 15.9. The maximum atomic E-state index is 12.7. The number of aromatic nitrogens is 1. The van der Waals surface area contributed by atoms with Crippen LogP contribution in [-0.4, -0.2) is 25.9 Å². The number of hydrogen-bond acceptors (Lipinski definition) is 4. The average Bonchev–Trinajstić information content (AvgIpc) is 3.11. The van der Waals surface area contributed by atoms with Crippen LogP contribution in [0.4, 0.5) is 11.4 Å². The van der Waals surface area contributed by atoms with E-state index in [2.05, 4.69) is 9.71 Å². The molecule has 1 aliphatic rings. The Bertz CT molecular complexity index is 1100. The molecule has 0 unspecified atom stereocenters. The Balaban J connectivity index is 1.51. The topological polar surface area (TPSA) is 79.4 Å². The molecule has 0 saturated carbocycles. The first-order chi connectivity index (χ1) is 13.5. The van der Waals surface area contributed by atoms with Crippen LogP contribution in [0.15, 0.2) is 73.1 Å². The number of hydrogen-bond donors (Lipinski definition) is 1. The number of anilines is 2. The number of rotatable bonds is 5. The van der Waals surface area contributed by atoms with Gasteiger partial charge in [-0.05, 0) is 47.9 Å². The molecule has 1 amide bonds. The number of fused-ring (bicyclic) bond motifs is 1. The molecular formula is C21H19N3O3S. The molecule has 142 valence electrons. The minimum absolute atomic E-state index is 0.0868. The van der Waals surface area contributed by atoms with Gasteiger partial charge in [-0.25, -0.2) is 8.42 Å². The zero-order valence-electron chi connectivity index (χ0n) is 15.1. The molecule has 1 aliphatic heterocycles. The van der Waals surface area contributed by atoms with Crippen molar-refractivity contribution in [2.75, 3.05) is 16.2 Å². The van der Waals surface area contributed by atoms with Crippen molar-refractivity contribution in [3.05, 3.63) is 89.7 Å². The Morgan fingerprint density at radius 2 is 1.89 bits per heavy atom. The highest BCUT2D eigenvalue weighted by Crippen LogP contribution is 2.32. The molecule has 0 radical (unpaired) electrons. The minimum atomic E-state index is -3.52. The van der Waals surface area contributed by atoms with Gasteiger partial charge in [-0.3, -0.25) is 14.5 Å². The van der Waals surface area contributed by atoms with Crippen molar-refractivity contribution < 1.29 is 13.2 Å². The van der Waals surface area contributed by atoms with Gasteiger partial charge in [-0.2, -0.15) is 0 Å². The molecule has 0 atom stereocenters. The molecule has 0 bridgehead atoms. The lowest BCUT2D eigenvalue weighted by Gasteiger charge is -2.17. The second kappa shape index (κ2) is 7.44. The van der Waals surface area contributed by atoms with Gasteiger partial charge in [-0.1, -0.05) is 30.3 Å². The number of carbonyl (C=O) groups is 1. The number of nitrogens with zero attached hydrogens (tertiary/aromatic N) is 2. The summed E-state index contributed by atoms with van der Waals surface area (Å²) in [6.07, 6.45) is 3.85. The van der Waals surface area contributed by atoms with E-state index in [-0.39, 0.29) is 11.7 Å². The lowest BCUT2D eigenvalue weighted by atomic mass is 10.1. The van der Waals surface area contributed by atoms with Gasteiger partial charge in [0.05, 0.1) is 11.3 Å². The fourth-order valence-corrected chi connectivity index (χ4v) is 4.52. The van der Waals surface area contributed by atoms with Crippen LogP contribution in [-0.2, 0) is 22.2 Å². The SMILES string of the molecule is O=C(c1cccnc1)N1CCc2cc(NS(=O)(=O)Cc3ccccc3)ccc21. The Kier molecular flexibility index (Phi) is 4.83. The second-order valence-electron chi connectivity index (χ2n) is 6.64. The van der Waals surface area contributed by atoms with E-state index in [1.807, 2.05) is 18.2 Å². The summed E-state index contributed by atoms with van der Waals surface area (Å²) < 4.78 is 27.5. The van der Waals surface area contributed by atoms with Crippen molar-refractivity contribution in [2.45, 2.75) is 12.2 Å². The number of nitrogens with one attached hydrogen (secondary N) is 1. The molecule has 1 aromatic heterocycles. The summed E-state index contributed by atoms with van der Waals surface area (Å²) in [4.78, 5) is 18.4. The van der Waals surface area contributed by atoms with Crippen molar-refractivity contribution in [2.24, 2.45) is 0 Å². The first kappa shape index (κ1) is 18.2. The highest BCUT2D eigenvalue weighted by atomic mass is 32.2. The van der Waals surface area contributed by atoms with Crippen molar-refractivity contribution in [1.29, 1.82) is 0 Å². The summed E-state index contributed by atoms with van der Waals surface area (Å²) in [5.74, 6) is -0.194. The van der Waals surface area contributed by atoms with E-state index in [0.717, 1.165) is 16.8 Å². The zero-order chi connectivity index (χ0) is 19.6. The molecule has 0 fully saturated rings. The Labute approximate surface area is 163 Å². The van der Waals surface area contributed by atoms with Gasteiger partial charge in [0.15, 0.2) is 0 Å². The van der Waals surface area contributed by atoms with Gasteiger partial charge in [0.1, 0.15) is 0 Å². The van der Waals surface area contributed by atoms with E-state index < -0.39 is 10.0 Å². The fourth-order valence-electron chi connectivity index (χ4n) is 3.33. The second-order valence-corrected chi connectivity index (χ2v) is 8.36. The Morgan fingerprint density at radius 1 is 1.07 bits per heavy atom. The predicted octanol–water partition coefficient (Wildman–Crippen LogP) is 3.23. The fraction of sp³-hybridized carbons (Fsp3) is 0.143. The van der Waals surface area contributed by atoms with Crippen LogP contribution in [0.25, 0.3) is 0 Å². The van der Waals surface area contributed by atoms with Crippen LogP contribution >= 0.6 is 0 Å². The number of pyridine rings is 1. The highest BCUT2D eigenvalue weighted by molar-refractivity contribution is 7.91. The standard InChI is InChI=1S/C21H19N3O3S/c25-21(18-7-4-11-22-14-18)24-12-10-17-13-19(8-9-20(17)24)23-28(26,27)15-16-5-2-1-3-6-16/h1-9,11,13-14,23H,10,12,15H2. The van der Waals surface area contributed by atoms with Gasteiger partial charge < -0.3 is 4.90 Å². The van der Waals surface area contributed by atoms with E-state index >= 15 is 0 Å². The molecule has 2 heterocycles. The van der Waals surface area contributed by atoms with Crippen molar-refractivity contribution >= 4 is 27.3 Å². The Hall–Kier alpha value is -3.19. The smallest absolute Gasteiger partial charge is 0.259 e. The summed E-state index contributed by atoms with van der Waals surface area (Å²) in [5, 5.41) is 0. The third-order valence-electron chi connectivity index (χ3n) is 4.60. The van der Waals surface area contributed by atoms with Gasteiger partial charge >= 0.3 is 0 Å². The van der Waals surface area contributed by atoms with Crippen LogP contribution in [0.5, 0.6) is 0 Å². The number of benzene rings is 2. The van der Waals surface area contributed by atoms with E-state index in [9.17, 15) is 13.2 Å². The maximum absolute atomic E-state index is 12.7.